The molecule has 0 bridgehead atoms. The molecule has 1 aliphatic heterocycles. The largest absolute Gasteiger partial charge is 0.339 e. The van der Waals surface area contributed by atoms with Crippen molar-refractivity contribution in [1.82, 2.24) is 4.90 Å². The normalized spacial score (nSPS) is 21.9. The summed E-state index contributed by atoms with van der Waals surface area (Å²) in [6.07, 6.45) is 8.84. The van der Waals surface area contributed by atoms with Crippen LogP contribution in [0.15, 0.2) is 24.3 Å². The lowest BCUT2D eigenvalue weighted by atomic mass is 9.68. The molecule has 1 heterocycles. The predicted octanol–water partition coefficient (Wildman–Crippen LogP) is 4.01. The van der Waals surface area contributed by atoms with E-state index in [1.165, 1.54) is 38.2 Å². The minimum Gasteiger partial charge on any atom is -0.339 e. The van der Waals surface area contributed by atoms with Crippen molar-refractivity contribution in [3.8, 4) is 0 Å². The van der Waals surface area contributed by atoms with Crippen molar-refractivity contribution in [1.29, 1.82) is 0 Å². The highest BCUT2D eigenvalue weighted by molar-refractivity contribution is 5.94. The van der Waals surface area contributed by atoms with Crippen LogP contribution in [-0.2, 0) is 0 Å². The zero-order chi connectivity index (χ0) is 14.0. The van der Waals surface area contributed by atoms with Gasteiger partial charge in [0.15, 0.2) is 0 Å². The van der Waals surface area contributed by atoms with Crippen molar-refractivity contribution < 1.29 is 9.18 Å². The molecule has 2 aliphatic rings. The maximum atomic E-state index is 13.7. The molecule has 1 spiro atoms. The number of amides is 1. The summed E-state index contributed by atoms with van der Waals surface area (Å²) in [6, 6.07) is 6.30. The second-order valence-corrected chi connectivity index (χ2v) is 6.33. The number of rotatable bonds is 1. The van der Waals surface area contributed by atoms with Crippen LogP contribution in [0.1, 0.15) is 55.3 Å². The predicted molar refractivity (Wildman–Crippen MR) is 77.1 cm³/mol. The molecule has 1 amide bonds. The SMILES string of the molecule is O=C(c1ccccc1F)N1CCC2(CCCCC2)CC1. The van der Waals surface area contributed by atoms with Crippen LogP contribution in [0.4, 0.5) is 4.39 Å². The van der Waals surface area contributed by atoms with Gasteiger partial charge in [-0.25, -0.2) is 4.39 Å². The number of benzene rings is 1. The maximum Gasteiger partial charge on any atom is 0.256 e. The average Bonchev–Trinajstić information content (AvgIpc) is 2.49. The van der Waals surface area contributed by atoms with Crippen LogP contribution in [0.2, 0.25) is 0 Å². The number of likely N-dealkylation sites (tertiary alicyclic amines) is 1. The summed E-state index contributed by atoms with van der Waals surface area (Å²) < 4.78 is 13.7. The molecule has 0 unspecified atom stereocenters. The summed E-state index contributed by atoms with van der Waals surface area (Å²) in [5.74, 6) is -0.552. The fourth-order valence-corrected chi connectivity index (χ4v) is 3.79. The lowest BCUT2D eigenvalue weighted by Gasteiger charge is -2.44. The van der Waals surface area contributed by atoms with E-state index >= 15 is 0 Å². The van der Waals surface area contributed by atoms with Crippen molar-refractivity contribution in [2.24, 2.45) is 5.41 Å². The van der Waals surface area contributed by atoms with Gasteiger partial charge in [-0.15, -0.1) is 0 Å². The van der Waals surface area contributed by atoms with Gasteiger partial charge in [0.05, 0.1) is 5.56 Å². The summed E-state index contributed by atoms with van der Waals surface area (Å²) in [6.45, 7) is 1.57. The highest BCUT2D eigenvalue weighted by Crippen LogP contribution is 2.44. The molecule has 108 valence electrons. The number of nitrogens with zero attached hydrogens (tertiary/aromatic N) is 1. The van der Waals surface area contributed by atoms with Crippen LogP contribution in [0.5, 0.6) is 0 Å². The summed E-state index contributed by atoms with van der Waals surface area (Å²) in [5, 5.41) is 0. The van der Waals surface area contributed by atoms with Gasteiger partial charge >= 0.3 is 0 Å². The Kier molecular flexibility index (Phi) is 3.77. The molecule has 2 fully saturated rings. The van der Waals surface area contributed by atoms with Crippen molar-refractivity contribution in [3.63, 3.8) is 0 Å². The van der Waals surface area contributed by atoms with E-state index in [0.29, 0.717) is 5.41 Å². The number of carbonyl (C=O) groups excluding carboxylic acids is 1. The number of carbonyl (C=O) groups is 1. The molecule has 3 rings (SSSR count). The van der Waals surface area contributed by atoms with Crippen LogP contribution < -0.4 is 0 Å². The van der Waals surface area contributed by atoms with Gasteiger partial charge in [-0.05, 0) is 43.2 Å². The van der Waals surface area contributed by atoms with Gasteiger partial charge in [0.2, 0.25) is 0 Å². The fraction of sp³-hybridized carbons (Fsp3) is 0.588. The molecular formula is C17H22FNO. The van der Waals surface area contributed by atoms with E-state index in [2.05, 4.69) is 0 Å². The molecule has 1 aliphatic carbocycles. The zero-order valence-electron chi connectivity index (χ0n) is 11.9. The Bertz CT molecular complexity index is 484. The minimum atomic E-state index is -0.407. The second-order valence-electron chi connectivity index (χ2n) is 6.33. The van der Waals surface area contributed by atoms with Crippen molar-refractivity contribution in [2.45, 2.75) is 44.9 Å². The van der Waals surface area contributed by atoms with E-state index in [9.17, 15) is 9.18 Å². The van der Waals surface area contributed by atoms with Gasteiger partial charge in [-0.1, -0.05) is 31.4 Å². The molecule has 3 heteroatoms. The van der Waals surface area contributed by atoms with E-state index < -0.39 is 5.82 Å². The summed E-state index contributed by atoms with van der Waals surface area (Å²) in [5.41, 5.74) is 0.691. The van der Waals surface area contributed by atoms with Crippen molar-refractivity contribution >= 4 is 5.91 Å². The molecule has 0 radical (unpaired) electrons. The zero-order valence-corrected chi connectivity index (χ0v) is 11.9. The van der Waals surface area contributed by atoms with Crippen molar-refractivity contribution in [3.05, 3.63) is 35.6 Å². The van der Waals surface area contributed by atoms with E-state index in [1.54, 1.807) is 18.2 Å². The van der Waals surface area contributed by atoms with Crippen molar-refractivity contribution in [2.75, 3.05) is 13.1 Å². The van der Waals surface area contributed by atoms with Gasteiger partial charge in [-0.2, -0.15) is 0 Å². The third kappa shape index (κ3) is 2.58. The molecule has 20 heavy (non-hydrogen) atoms. The first kappa shape index (κ1) is 13.6. The number of halogens is 1. The summed E-state index contributed by atoms with van der Waals surface area (Å²) in [4.78, 5) is 14.2. The third-order valence-electron chi connectivity index (χ3n) is 5.13. The minimum absolute atomic E-state index is 0.145. The molecular weight excluding hydrogens is 253 g/mol. The molecule has 1 aromatic carbocycles. The van der Waals surface area contributed by atoms with Crippen LogP contribution in [0.25, 0.3) is 0 Å². The Morgan fingerprint density at radius 1 is 1.00 bits per heavy atom. The summed E-state index contributed by atoms with van der Waals surface area (Å²) in [7, 11) is 0. The Morgan fingerprint density at radius 3 is 2.30 bits per heavy atom. The maximum absolute atomic E-state index is 13.7. The third-order valence-corrected chi connectivity index (χ3v) is 5.13. The number of hydrogen-bond donors (Lipinski definition) is 0. The molecule has 1 aromatic rings. The first-order valence-corrected chi connectivity index (χ1v) is 7.74. The standard InChI is InChI=1S/C17H22FNO/c18-15-7-3-2-6-14(15)16(20)19-12-10-17(11-13-19)8-4-1-5-9-17/h2-3,6-7H,1,4-5,8-13H2. The van der Waals surface area contributed by atoms with E-state index in [-0.39, 0.29) is 11.5 Å². The van der Waals surface area contributed by atoms with Crippen LogP contribution >= 0.6 is 0 Å². The molecule has 1 saturated heterocycles. The molecule has 2 nitrogen and oxygen atoms in total. The van der Waals surface area contributed by atoms with Crippen LogP contribution in [-0.4, -0.2) is 23.9 Å². The van der Waals surface area contributed by atoms with Gasteiger partial charge in [-0.3, -0.25) is 4.79 Å². The van der Waals surface area contributed by atoms with Crippen LogP contribution in [0.3, 0.4) is 0 Å². The number of hydrogen-bond acceptors (Lipinski definition) is 1. The highest BCUT2D eigenvalue weighted by atomic mass is 19.1. The van der Waals surface area contributed by atoms with Crippen LogP contribution in [0, 0.1) is 11.2 Å². The first-order chi connectivity index (χ1) is 9.70. The first-order valence-electron chi connectivity index (χ1n) is 7.74. The number of piperidine rings is 1. The molecule has 0 aromatic heterocycles. The molecule has 1 saturated carbocycles. The van der Waals surface area contributed by atoms with E-state index in [4.69, 9.17) is 0 Å². The topological polar surface area (TPSA) is 20.3 Å². The van der Waals surface area contributed by atoms with Gasteiger partial charge in [0.25, 0.3) is 5.91 Å². The Labute approximate surface area is 120 Å². The highest BCUT2D eigenvalue weighted by Gasteiger charge is 2.37. The van der Waals surface area contributed by atoms with Gasteiger partial charge in [0.1, 0.15) is 5.82 Å². The average molecular weight is 275 g/mol. The smallest absolute Gasteiger partial charge is 0.256 e. The molecule has 0 N–H and O–H groups in total. The quantitative estimate of drug-likeness (QED) is 0.758. The Balaban J connectivity index is 1.66. The van der Waals surface area contributed by atoms with E-state index in [0.717, 1.165) is 25.9 Å². The molecule has 0 atom stereocenters. The Morgan fingerprint density at radius 2 is 1.65 bits per heavy atom. The van der Waals surface area contributed by atoms with E-state index in [1.807, 2.05) is 4.90 Å². The monoisotopic (exact) mass is 275 g/mol. The lowest BCUT2D eigenvalue weighted by Crippen LogP contribution is -2.44. The van der Waals surface area contributed by atoms with Gasteiger partial charge in [0, 0.05) is 13.1 Å². The van der Waals surface area contributed by atoms with Gasteiger partial charge < -0.3 is 4.90 Å². The lowest BCUT2D eigenvalue weighted by molar-refractivity contribution is 0.0468. The second kappa shape index (κ2) is 5.55. The summed E-state index contributed by atoms with van der Waals surface area (Å²) >= 11 is 0. The Hall–Kier alpha value is -1.38. The fourth-order valence-electron chi connectivity index (χ4n) is 3.79.